The van der Waals surface area contributed by atoms with Crippen molar-refractivity contribution in [1.82, 2.24) is 5.32 Å². The van der Waals surface area contributed by atoms with Gasteiger partial charge in [0, 0.05) is 6.42 Å². The summed E-state index contributed by atoms with van der Waals surface area (Å²) in [6, 6.07) is 16.8. The van der Waals surface area contributed by atoms with Crippen molar-refractivity contribution in [3.05, 3.63) is 83.4 Å². The first-order chi connectivity index (χ1) is 13.7. The Balaban J connectivity index is 1.69. The summed E-state index contributed by atoms with van der Waals surface area (Å²) in [4.78, 5) is 24.1. The van der Waals surface area contributed by atoms with Gasteiger partial charge in [0.05, 0.1) is 12.0 Å². The van der Waals surface area contributed by atoms with Crippen LogP contribution in [0.4, 0.5) is 13.2 Å². The third-order valence-electron chi connectivity index (χ3n) is 4.55. The van der Waals surface area contributed by atoms with Crippen molar-refractivity contribution in [1.29, 1.82) is 0 Å². The van der Waals surface area contributed by atoms with Crippen LogP contribution in [0.15, 0.2) is 66.7 Å². The molecule has 0 heterocycles. The van der Waals surface area contributed by atoms with Gasteiger partial charge in [0.15, 0.2) is 0 Å². The molecule has 3 aromatic carbocycles. The summed E-state index contributed by atoms with van der Waals surface area (Å²) in [5.41, 5.74) is 5.54. The van der Waals surface area contributed by atoms with E-state index in [1.165, 1.54) is 12.1 Å². The zero-order chi connectivity index (χ0) is 21.0. The van der Waals surface area contributed by atoms with Gasteiger partial charge in [0.2, 0.25) is 11.8 Å². The van der Waals surface area contributed by atoms with Gasteiger partial charge in [-0.05, 0) is 28.0 Å². The van der Waals surface area contributed by atoms with Crippen LogP contribution < -0.4 is 11.1 Å². The fraction of sp³-hybridized carbons (Fsp3) is 0.182. The van der Waals surface area contributed by atoms with E-state index in [2.05, 4.69) is 5.32 Å². The number of hydrogen-bond donors (Lipinski definition) is 2. The molecule has 0 radical (unpaired) electrons. The third-order valence-corrected chi connectivity index (χ3v) is 4.55. The summed E-state index contributed by atoms with van der Waals surface area (Å²) < 4.78 is 38.6. The van der Waals surface area contributed by atoms with Crippen molar-refractivity contribution in [2.75, 3.05) is 0 Å². The zero-order valence-electron chi connectivity index (χ0n) is 15.4. The van der Waals surface area contributed by atoms with Gasteiger partial charge in [-0.15, -0.1) is 0 Å². The number of primary amides is 1. The van der Waals surface area contributed by atoms with Gasteiger partial charge in [-0.3, -0.25) is 9.59 Å². The van der Waals surface area contributed by atoms with Gasteiger partial charge in [-0.2, -0.15) is 13.2 Å². The Bertz CT molecular complexity index is 1050. The number of fused-ring (bicyclic) bond motifs is 1. The largest absolute Gasteiger partial charge is 0.416 e. The Kier molecular flexibility index (Phi) is 5.87. The van der Waals surface area contributed by atoms with Crippen LogP contribution in [0.3, 0.4) is 0 Å². The molecule has 7 heteroatoms. The molecule has 3 rings (SSSR count). The molecular weight excluding hydrogens is 381 g/mol. The van der Waals surface area contributed by atoms with E-state index in [1.807, 2.05) is 42.5 Å². The Morgan fingerprint density at radius 3 is 2.31 bits per heavy atom. The van der Waals surface area contributed by atoms with Crippen LogP contribution in [-0.2, 0) is 28.6 Å². The maximum Gasteiger partial charge on any atom is 0.416 e. The summed E-state index contributed by atoms with van der Waals surface area (Å²) >= 11 is 0. The number of benzene rings is 3. The molecular formula is C22H19F3N2O2. The van der Waals surface area contributed by atoms with E-state index < -0.39 is 29.6 Å². The van der Waals surface area contributed by atoms with Gasteiger partial charge in [-0.1, -0.05) is 60.7 Å². The van der Waals surface area contributed by atoms with Crippen molar-refractivity contribution in [3.8, 4) is 0 Å². The first-order valence-corrected chi connectivity index (χ1v) is 8.95. The number of carbonyl (C=O) groups excluding carboxylic acids is 2. The van der Waals surface area contributed by atoms with Gasteiger partial charge >= 0.3 is 6.18 Å². The van der Waals surface area contributed by atoms with Crippen LogP contribution in [0.5, 0.6) is 0 Å². The number of carbonyl (C=O) groups is 2. The highest BCUT2D eigenvalue weighted by molar-refractivity contribution is 5.89. The van der Waals surface area contributed by atoms with Crippen molar-refractivity contribution in [3.63, 3.8) is 0 Å². The normalized spacial score (nSPS) is 12.5. The van der Waals surface area contributed by atoms with E-state index in [9.17, 15) is 22.8 Å². The average Bonchev–Trinajstić information content (AvgIpc) is 2.67. The molecule has 0 fully saturated rings. The van der Waals surface area contributed by atoms with E-state index in [1.54, 1.807) is 0 Å². The van der Waals surface area contributed by atoms with Crippen LogP contribution in [-0.4, -0.2) is 17.9 Å². The second-order valence-electron chi connectivity index (χ2n) is 6.78. The van der Waals surface area contributed by atoms with Crippen LogP contribution >= 0.6 is 0 Å². The smallest absolute Gasteiger partial charge is 0.368 e. The number of nitrogens with two attached hydrogens (primary N) is 1. The maximum atomic E-state index is 12.9. The molecule has 3 aromatic rings. The quantitative estimate of drug-likeness (QED) is 0.664. The minimum absolute atomic E-state index is 0.0250. The molecule has 4 nitrogen and oxygen atoms in total. The van der Waals surface area contributed by atoms with Crippen molar-refractivity contribution in [2.45, 2.75) is 25.1 Å². The fourth-order valence-electron chi connectivity index (χ4n) is 3.11. The topological polar surface area (TPSA) is 72.2 Å². The van der Waals surface area contributed by atoms with Crippen LogP contribution in [0.1, 0.15) is 16.7 Å². The Hall–Kier alpha value is -3.35. The van der Waals surface area contributed by atoms with Gasteiger partial charge in [0.25, 0.3) is 0 Å². The highest BCUT2D eigenvalue weighted by Gasteiger charge is 2.30. The lowest BCUT2D eigenvalue weighted by Gasteiger charge is -2.17. The standard InChI is InChI=1S/C22H19F3N2O2/c23-22(24,25)18-7-3-4-14(11-18)12-19(21(26)29)27-20(28)13-15-8-9-16-5-1-2-6-17(16)10-15/h1-11,19H,12-13H2,(H2,26,29)(H,27,28)/t19-/m1/s1. The summed E-state index contributed by atoms with van der Waals surface area (Å²) in [7, 11) is 0. The molecule has 29 heavy (non-hydrogen) atoms. The second-order valence-corrected chi connectivity index (χ2v) is 6.78. The minimum atomic E-state index is -4.49. The molecule has 0 aliphatic heterocycles. The molecule has 1 atom stereocenters. The molecule has 0 spiro atoms. The van der Waals surface area contributed by atoms with E-state index in [-0.39, 0.29) is 18.4 Å². The van der Waals surface area contributed by atoms with E-state index in [0.717, 1.165) is 28.5 Å². The molecule has 0 aliphatic rings. The lowest BCUT2D eigenvalue weighted by Crippen LogP contribution is -2.46. The highest BCUT2D eigenvalue weighted by Crippen LogP contribution is 2.29. The maximum absolute atomic E-state index is 12.9. The van der Waals surface area contributed by atoms with E-state index in [0.29, 0.717) is 0 Å². The van der Waals surface area contributed by atoms with Gasteiger partial charge in [0.1, 0.15) is 6.04 Å². The molecule has 0 unspecified atom stereocenters. The molecule has 3 N–H and O–H groups in total. The van der Waals surface area contributed by atoms with Gasteiger partial charge < -0.3 is 11.1 Å². The predicted octanol–water partition coefficient (Wildman–Crippen LogP) is 3.61. The molecule has 0 aliphatic carbocycles. The van der Waals surface area contributed by atoms with Crippen molar-refractivity contribution >= 4 is 22.6 Å². The summed E-state index contributed by atoms with van der Waals surface area (Å²) in [5, 5.41) is 4.54. The molecule has 150 valence electrons. The number of amides is 2. The summed E-state index contributed by atoms with van der Waals surface area (Å²) in [6.45, 7) is 0. The molecule has 0 bridgehead atoms. The van der Waals surface area contributed by atoms with E-state index >= 15 is 0 Å². The number of nitrogens with one attached hydrogen (secondary N) is 1. The van der Waals surface area contributed by atoms with Crippen molar-refractivity contribution < 1.29 is 22.8 Å². The monoisotopic (exact) mass is 400 g/mol. The lowest BCUT2D eigenvalue weighted by molar-refractivity contribution is -0.137. The molecule has 0 saturated carbocycles. The number of hydrogen-bond acceptors (Lipinski definition) is 2. The SMILES string of the molecule is NC(=O)[C@@H](Cc1cccc(C(F)(F)F)c1)NC(=O)Cc1ccc2ccccc2c1. The Labute approximate surface area is 165 Å². The lowest BCUT2D eigenvalue weighted by atomic mass is 10.0. The third kappa shape index (κ3) is 5.34. The second kappa shape index (κ2) is 8.34. The molecule has 0 aromatic heterocycles. The fourth-order valence-corrected chi connectivity index (χ4v) is 3.11. The highest BCUT2D eigenvalue weighted by atomic mass is 19.4. The van der Waals surface area contributed by atoms with Crippen LogP contribution in [0.25, 0.3) is 10.8 Å². The van der Waals surface area contributed by atoms with Crippen LogP contribution in [0, 0.1) is 0 Å². The van der Waals surface area contributed by atoms with Crippen LogP contribution in [0.2, 0.25) is 0 Å². The molecule has 0 saturated heterocycles. The molecule has 2 amide bonds. The Morgan fingerprint density at radius 1 is 0.897 bits per heavy atom. The predicted molar refractivity (Wildman–Crippen MR) is 104 cm³/mol. The summed E-state index contributed by atoms with van der Waals surface area (Å²) in [5.74, 6) is -1.25. The zero-order valence-corrected chi connectivity index (χ0v) is 15.4. The van der Waals surface area contributed by atoms with Crippen molar-refractivity contribution in [2.24, 2.45) is 5.73 Å². The first-order valence-electron chi connectivity index (χ1n) is 8.95. The number of alkyl halides is 3. The van der Waals surface area contributed by atoms with Gasteiger partial charge in [-0.25, -0.2) is 0 Å². The minimum Gasteiger partial charge on any atom is -0.368 e. The first kappa shape index (κ1) is 20.4. The average molecular weight is 400 g/mol. The Morgan fingerprint density at radius 2 is 1.62 bits per heavy atom. The summed E-state index contributed by atoms with van der Waals surface area (Å²) in [6.07, 6.45) is -4.59. The number of rotatable bonds is 6. The number of halogens is 3. The van der Waals surface area contributed by atoms with E-state index in [4.69, 9.17) is 5.73 Å².